The zero-order valence-electron chi connectivity index (χ0n) is 8.87. The van der Waals surface area contributed by atoms with E-state index in [2.05, 4.69) is 33.1 Å². The molecule has 0 saturated carbocycles. The molecule has 0 aliphatic carbocycles. The van der Waals surface area contributed by atoms with E-state index in [1.54, 1.807) is 12.1 Å². The largest absolute Gasteiger partial charge is 0.478 e. The number of carboxylic acid groups (broad SMARTS) is 1. The van der Waals surface area contributed by atoms with Gasteiger partial charge in [0.25, 0.3) is 0 Å². The van der Waals surface area contributed by atoms with Crippen LogP contribution in [0.1, 0.15) is 10.4 Å². The maximum Gasteiger partial charge on any atom is 0.335 e. The van der Waals surface area contributed by atoms with Gasteiger partial charge >= 0.3 is 12.0 Å². The molecule has 5 nitrogen and oxygen atoms in total. The number of halogens is 1. The number of urea groups is 1. The van der Waals surface area contributed by atoms with Crippen molar-refractivity contribution in [2.75, 3.05) is 11.9 Å². The van der Waals surface area contributed by atoms with Crippen LogP contribution in [0.15, 0.2) is 35.3 Å². The van der Waals surface area contributed by atoms with Crippen LogP contribution in [-0.4, -0.2) is 23.7 Å². The first-order valence-electron chi connectivity index (χ1n) is 4.73. The number of carbonyl (C=O) groups is 2. The number of hydrogen-bond donors (Lipinski definition) is 3. The smallest absolute Gasteiger partial charge is 0.335 e. The predicted molar refractivity (Wildman–Crippen MR) is 68.3 cm³/mol. The monoisotopic (exact) mass is 298 g/mol. The van der Waals surface area contributed by atoms with Gasteiger partial charge in [-0.25, -0.2) is 9.59 Å². The highest BCUT2D eigenvalue weighted by molar-refractivity contribution is 9.10. The molecule has 0 aliphatic rings. The molecule has 1 rings (SSSR count). The van der Waals surface area contributed by atoms with E-state index in [0.717, 1.165) is 0 Å². The van der Waals surface area contributed by atoms with Gasteiger partial charge < -0.3 is 15.7 Å². The molecule has 0 aromatic heterocycles. The minimum Gasteiger partial charge on any atom is -0.478 e. The van der Waals surface area contributed by atoms with Crippen molar-refractivity contribution in [1.29, 1.82) is 0 Å². The van der Waals surface area contributed by atoms with Gasteiger partial charge in [-0.2, -0.15) is 0 Å². The number of aromatic carboxylic acids is 1. The van der Waals surface area contributed by atoms with Crippen molar-refractivity contribution in [2.45, 2.75) is 0 Å². The number of carbonyl (C=O) groups excluding carboxylic acids is 1. The molecule has 0 saturated heterocycles. The van der Waals surface area contributed by atoms with E-state index in [1.807, 2.05) is 0 Å². The van der Waals surface area contributed by atoms with E-state index in [4.69, 9.17) is 5.11 Å². The Balaban J connectivity index is 2.82. The number of anilines is 1. The van der Waals surface area contributed by atoms with Gasteiger partial charge in [-0.05, 0) is 34.1 Å². The van der Waals surface area contributed by atoms with Crippen molar-refractivity contribution < 1.29 is 14.7 Å². The molecule has 1 aromatic carbocycles. The fraction of sp³-hybridized carbons (Fsp3) is 0.0909. The molecular formula is C11H11BrN2O3. The quantitative estimate of drug-likeness (QED) is 0.747. The van der Waals surface area contributed by atoms with Gasteiger partial charge in [0.1, 0.15) is 0 Å². The SMILES string of the molecule is C=CCNC(=O)Nc1cc(C(=O)O)ccc1Br. The summed E-state index contributed by atoms with van der Waals surface area (Å²) >= 11 is 3.22. The average Bonchev–Trinajstić information content (AvgIpc) is 2.29. The highest BCUT2D eigenvalue weighted by Crippen LogP contribution is 2.23. The fourth-order valence-electron chi connectivity index (χ4n) is 1.09. The second kappa shape index (κ2) is 6.05. The lowest BCUT2D eigenvalue weighted by atomic mass is 10.2. The topological polar surface area (TPSA) is 78.4 Å². The lowest BCUT2D eigenvalue weighted by Gasteiger charge is -2.08. The Morgan fingerprint density at radius 2 is 2.18 bits per heavy atom. The van der Waals surface area contributed by atoms with E-state index in [1.165, 1.54) is 12.1 Å². The standard InChI is InChI=1S/C11H11BrN2O3/c1-2-5-13-11(17)14-9-6-7(10(15)16)3-4-8(9)12/h2-4,6H,1,5H2,(H,15,16)(H2,13,14,17). The Morgan fingerprint density at radius 1 is 1.47 bits per heavy atom. The molecule has 0 unspecified atom stereocenters. The van der Waals surface area contributed by atoms with E-state index in [9.17, 15) is 9.59 Å². The van der Waals surface area contributed by atoms with Crippen LogP contribution in [-0.2, 0) is 0 Å². The van der Waals surface area contributed by atoms with Gasteiger partial charge in [0.15, 0.2) is 0 Å². The summed E-state index contributed by atoms with van der Waals surface area (Å²) in [5.41, 5.74) is 0.499. The number of carboxylic acids is 1. The van der Waals surface area contributed by atoms with Crippen LogP contribution in [0.5, 0.6) is 0 Å². The highest BCUT2D eigenvalue weighted by atomic mass is 79.9. The van der Waals surface area contributed by atoms with Crippen molar-refractivity contribution in [3.63, 3.8) is 0 Å². The Bertz CT molecular complexity index is 460. The van der Waals surface area contributed by atoms with Gasteiger partial charge in [-0.3, -0.25) is 0 Å². The summed E-state index contributed by atoms with van der Waals surface area (Å²) in [6, 6.07) is 3.96. The van der Waals surface area contributed by atoms with Crippen LogP contribution in [0.25, 0.3) is 0 Å². The molecule has 0 heterocycles. The molecule has 2 amide bonds. The third kappa shape index (κ3) is 3.92. The molecule has 0 aliphatic heterocycles. The third-order valence-corrected chi connectivity index (χ3v) is 2.56. The molecule has 90 valence electrons. The predicted octanol–water partition coefficient (Wildman–Crippen LogP) is 2.45. The van der Waals surface area contributed by atoms with Crippen LogP contribution >= 0.6 is 15.9 Å². The van der Waals surface area contributed by atoms with Crippen LogP contribution < -0.4 is 10.6 Å². The molecule has 0 radical (unpaired) electrons. The second-order valence-corrected chi connectivity index (χ2v) is 3.98. The van der Waals surface area contributed by atoms with Gasteiger partial charge in [-0.1, -0.05) is 6.08 Å². The molecular weight excluding hydrogens is 288 g/mol. The van der Waals surface area contributed by atoms with Crippen LogP contribution in [0.3, 0.4) is 0 Å². The molecule has 0 atom stereocenters. The van der Waals surface area contributed by atoms with Gasteiger partial charge in [-0.15, -0.1) is 6.58 Å². The minimum absolute atomic E-state index is 0.104. The summed E-state index contributed by atoms with van der Waals surface area (Å²) in [4.78, 5) is 22.1. The Kier molecular flexibility index (Phi) is 4.71. The fourth-order valence-corrected chi connectivity index (χ4v) is 1.43. The summed E-state index contributed by atoms with van der Waals surface area (Å²) in [5, 5.41) is 13.9. The lowest BCUT2D eigenvalue weighted by molar-refractivity contribution is 0.0697. The Hall–Kier alpha value is -1.82. The highest BCUT2D eigenvalue weighted by Gasteiger charge is 2.09. The van der Waals surface area contributed by atoms with Crippen LogP contribution in [0.4, 0.5) is 10.5 Å². The second-order valence-electron chi connectivity index (χ2n) is 3.12. The molecule has 6 heteroatoms. The van der Waals surface area contributed by atoms with Gasteiger partial charge in [0.2, 0.25) is 0 Å². The first-order valence-corrected chi connectivity index (χ1v) is 5.52. The number of nitrogens with one attached hydrogen (secondary N) is 2. The van der Waals surface area contributed by atoms with E-state index < -0.39 is 12.0 Å². The first kappa shape index (κ1) is 13.2. The van der Waals surface area contributed by atoms with E-state index >= 15 is 0 Å². The van der Waals surface area contributed by atoms with Crippen molar-refractivity contribution in [3.05, 3.63) is 40.9 Å². The Labute approximate surface area is 107 Å². The number of hydrogen-bond acceptors (Lipinski definition) is 2. The van der Waals surface area contributed by atoms with E-state index in [-0.39, 0.29) is 5.56 Å². The van der Waals surface area contributed by atoms with Crippen molar-refractivity contribution in [3.8, 4) is 0 Å². The lowest BCUT2D eigenvalue weighted by Crippen LogP contribution is -2.28. The van der Waals surface area contributed by atoms with Gasteiger partial charge in [0.05, 0.1) is 11.3 Å². The molecule has 3 N–H and O–H groups in total. The van der Waals surface area contributed by atoms with E-state index in [0.29, 0.717) is 16.7 Å². The third-order valence-electron chi connectivity index (χ3n) is 1.87. The average molecular weight is 299 g/mol. The molecule has 0 spiro atoms. The van der Waals surface area contributed by atoms with Gasteiger partial charge in [0, 0.05) is 11.0 Å². The number of benzene rings is 1. The molecule has 17 heavy (non-hydrogen) atoms. The van der Waals surface area contributed by atoms with Crippen molar-refractivity contribution in [1.82, 2.24) is 5.32 Å². The summed E-state index contributed by atoms with van der Waals surface area (Å²) in [7, 11) is 0. The van der Waals surface area contributed by atoms with Crippen molar-refractivity contribution in [2.24, 2.45) is 0 Å². The maximum absolute atomic E-state index is 11.4. The summed E-state index contributed by atoms with van der Waals surface area (Å²) < 4.78 is 0.608. The number of amides is 2. The first-order chi connectivity index (χ1) is 8.04. The summed E-state index contributed by atoms with van der Waals surface area (Å²) in [6.45, 7) is 3.80. The Morgan fingerprint density at radius 3 is 2.76 bits per heavy atom. The molecule has 1 aromatic rings. The summed E-state index contributed by atoms with van der Waals surface area (Å²) in [5.74, 6) is -1.05. The molecule has 0 fully saturated rings. The normalized spacial score (nSPS) is 9.47. The zero-order valence-corrected chi connectivity index (χ0v) is 10.5. The molecule has 0 bridgehead atoms. The summed E-state index contributed by atoms with van der Waals surface area (Å²) in [6.07, 6.45) is 1.54. The minimum atomic E-state index is -1.05. The van der Waals surface area contributed by atoms with Crippen LogP contribution in [0.2, 0.25) is 0 Å². The van der Waals surface area contributed by atoms with Crippen LogP contribution in [0, 0.1) is 0 Å². The van der Waals surface area contributed by atoms with Crippen molar-refractivity contribution >= 4 is 33.6 Å². The zero-order chi connectivity index (χ0) is 12.8. The number of rotatable bonds is 4. The maximum atomic E-state index is 11.4.